The van der Waals surface area contributed by atoms with Crippen molar-refractivity contribution in [1.82, 2.24) is 5.32 Å². The summed E-state index contributed by atoms with van der Waals surface area (Å²) in [6.45, 7) is 2.88. The molecule has 1 aliphatic rings. The molecule has 2 N–H and O–H groups in total. The highest BCUT2D eigenvalue weighted by molar-refractivity contribution is 5.70. The maximum Gasteiger partial charge on any atom is 0.306 e. The van der Waals surface area contributed by atoms with E-state index in [-0.39, 0.29) is 17.9 Å². The Balaban J connectivity index is 1.89. The summed E-state index contributed by atoms with van der Waals surface area (Å²) in [6.07, 6.45) is 4.02. The zero-order valence-electron chi connectivity index (χ0n) is 12.8. The van der Waals surface area contributed by atoms with Crippen LogP contribution in [0.3, 0.4) is 0 Å². The fraction of sp³-hybridized carbons (Fsp3) is 0.588. The highest BCUT2D eigenvalue weighted by Crippen LogP contribution is 2.30. The Labute approximate surface area is 126 Å². The van der Waals surface area contributed by atoms with E-state index in [2.05, 4.69) is 12.2 Å². The van der Waals surface area contributed by atoms with Crippen molar-refractivity contribution >= 4 is 5.97 Å². The van der Waals surface area contributed by atoms with Gasteiger partial charge < -0.3 is 15.2 Å². The van der Waals surface area contributed by atoms with Gasteiger partial charge in [-0.05, 0) is 49.9 Å². The molecule has 116 valence electrons. The number of hydrogen-bond donors (Lipinski definition) is 2. The normalized spacial score (nSPS) is 23.5. The van der Waals surface area contributed by atoms with Gasteiger partial charge in [-0.25, -0.2) is 0 Å². The number of nitrogens with one attached hydrogen (secondary N) is 1. The molecule has 0 aliphatic heterocycles. The van der Waals surface area contributed by atoms with E-state index in [1.807, 2.05) is 24.3 Å². The first kappa shape index (κ1) is 15.8. The molecule has 1 aliphatic carbocycles. The lowest BCUT2D eigenvalue weighted by molar-refractivity contribution is -0.144. The molecule has 3 unspecified atom stereocenters. The largest absolute Gasteiger partial charge is 0.497 e. The van der Waals surface area contributed by atoms with Crippen LogP contribution < -0.4 is 10.1 Å². The molecule has 4 heteroatoms. The minimum atomic E-state index is -0.640. The second-order valence-electron chi connectivity index (χ2n) is 5.89. The predicted octanol–water partition coefficient (Wildman–Crippen LogP) is 3.24. The van der Waals surface area contributed by atoms with Crippen molar-refractivity contribution in [2.75, 3.05) is 13.7 Å². The molecule has 0 aromatic heterocycles. The van der Waals surface area contributed by atoms with Crippen molar-refractivity contribution in [3.05, 3.63) is 29.8 Å². The lowest BCUT2D eigenvalue weighted by Crippen LogP contribution is -2.35. The predicted molar refractivity (Wildman–Crippen MR) is 82.5 cm³/mol. The summed E-state index contributed by atoms with van der Waals surface area (Å²) in [6, 6.07) is 8.22. The molecule has 0 bridgehead atoms. The number of rotatable bonds is 6. The Morgan fingerprint density at radius 1 is 1.33 bits per heavy atom. The molecule has 2 rings (SSSR count). The number of ether oxygens (including phenoxy) is 1. The Hall–Kier alpha value is -1.55. The van der Waals surface area contributed by atoms with Gasteiger partial charge in [0.15, 0.2) is 0 Å². The monoisotopic (exact) mass is 291 g/mol. The number of aliphatic carboxylic acids is 1. The van der Waals surface area contributed by atoms with Crippen molar-refractivity contribution < 1.29 is 14.6 Å². The standard InChI is InChI=1S/C17H25NO3/c1-12(13-7-9-15(21-2)10-8-13)18-11-14-5-3-4-6-16(14)17(19)20/h7-10,12,14,16,18H,3-6,11H2,1-2H3,(H,19,20). The summed E-state index contributed by atoms with van der Waals surface area (Å²) in [7, 11) is 1.66. The summed E-state index contributed by atoms with van der Waals surface area (Å²) in [4.78, 5) is 11.3. The Kier molecular flexibility index (Phi) is 5.62. The maximum absolute atomic E-state index is 11.3. The Morgan fingerprint density at radius 2 is 2.00 bits per heavy atom. The summed E-state index contributed by atoms with van der Waals surface area (Å²) in [5.41, 5.74) is 1.19. The van der Waals surface area contributed by atoms with Crippen LogP contribution in [-0.4, -0.2) is 24.7 Å². The topological polar surface area (TPSA) is 58.6 Å². The molecular formula is C17H25NO3. The first-order chi connectivity index (χ1) is 10.1. The van der Waals surface area contributed by atoms with Gasteiger partial charge in [-0.2, -0.15) is 0 Å². The number of carbonyl (C=O) groups is 1. The molecule has 0 heterocycles. The van der Waals surface area contributed by atoms with Crippen LogP contribution in [-0.2, 0) is 4.79 Å². The summed E-state index contributed by atoms with van der Waals surface area (Å²) in [5, 5.41) is 12.8. The van der Waals surface area contributed by atoms with Gasteiger partial charge in [-0.15, -0.1) is 0 Å². The molecule has 1 saturated carbocycles. The first-order valence-electron chi connectivity index (χ1n) is 7.72. The van der Waals surface area contributed by atoms with Crippen LogP contribution in [0.1, 0.15) is 44.2 Å². The van der Waals surface area contributed by atoms with Crippen molar-refractivity contribution in [2.24, 2.45) is 11.8 Å². The lowest BCUT2D eigenvalue weighted by atomic mass is 9.79. The van der Waals surface area contributed by atoms with E-state index >= 15 is 0 Å². The van der Waals surface area contributed by atoms with Crippen LogP contribution in [0.5, 0.6) is 5.75 Å². The highest BCUT2D eigenvalue weighted by atomic mass is 16.5. The molecule has 1 fully saturated rings. The molecule has 1 aromatic rings. The van der Waals surface area contributed by atoms with Crippen molar-refractivity contribution in [3.8, 4) is 5.75 Å². The van der Waals surface area contributed by atoms with Crippen LogP contribution in [0.15, 0.2) is 24.3 Å². The molecule has 21 heavy (non-hydrogen) atoms. The van der Waals surface area contributed by atoms with E-state index in [4.69, 9.17) is 4.74 Å². The molecule has 0 radical (unpaired) electrons. The third-order valence-corrected chi connectivity index (χ3v) is 4.53. The average molecular weight is 291 g/mol. The average Bonchev–Trinajstić information content (AvgIpc) is 2.52. The van der Waals surface area contributed by atoms with Gasteiger partial charge in [0.05, 0.1) is 13.0 Å². The van der Waals surface area contributed by atoms with Gasteiger partial charge >= 0.3 is 5.97 Å². The maximum atomic E-state index is 11.3. The van der Waals surface area contributed by atoms with Crippen molar-refractivity contribution in [2.45, 2.75) is 38.6 Å². The first-order valence-corrected chi connectivity index (χ1v) is 7.72. The van der Waals surface area contributed by atoms with E-state index in [1.54, 1.807) is 7.11 Å². The third kappa shape index (κ3) is 4.21. The fourth-order valence-corrected chi connectivity index (χ4v) is 3.12. The molecular weight excluding hydrogens is 266 g/mol. The van der Waals surface area contributed by atoms with Crippen LogP contribution >= 0.6 is 0 Å². The van der Waals surface area contributed by atoms with E-state index in [1.165, 1.54) is 5.56 Å². The number of methoxy groups -OCH3 is 1. The van der Waals surface area contributed by atoms with Crippen LogP contribution in [0.2, 0.25) is 0 Å². The minimum absolute atomic E-state index is 0.186. The number of carboxylic acids is 1. The Bertz CT molecular complexity index is 458. The molecule has 0 spiro atoms. The molecule has 4 nitrogen and oxygen atoms in total. The van der Waals surface area contributed by atoms with Gasteiger partial charge in [-0.3, -0.25) is 4.79 Å². The fourth-order valence-electron chi connectivity index (χ4n) is 3.12. The molecule has 1 aromatic carbocycles. The second kappa shape index (κ2) is 7.46. The SMILES string of the molecule is COc1ccc(C(C)NCC2CCCCC2C(=O)O)cc1. The van der Waals surface area contributed by atoms with E-state index < -0.39 is 5.97 Å². The van der Waals surface area contributed by atoms with E-state index in [9.17, 15) is 9.90 Å². The van der Waals surface area contributed by atoms with Gasteiger partial charge in [0.1, 0.15) is 5.75 Å². The zero-order valence-corrected chi connectivity index (χ0v) is 12.8. The van der Waals surface area contributed by atoms with E-state index in [0.29, 0.717) is 0 Å². The number of hydrogen-bond acceptors (Lipinski definition) is 3. The lowest BCUT2D eigenvalue weighted by Gasteiger charge is -2.30. The van der Waals surface area contributed by atoms with Gasteiger partial charge in [0.2, 0.25) is 0 Å². The molecule has 0 amide bonds. The number of carboxylic acid groups (broad SMARTS) is 1. The van der Waals surface area contributed by atoms with Crippen molar-refractivity contribution in [3.63, 3.8) is 0 Å². The highest BCUT2D eigenvalue weighted by Gasteiger charge is 2.30. The van der Waals surface area contributed by atoms with E-state index in [0.717, 1.165) is 38.0 Å². The van der Waals surface area contributed by atoms with Gasteiger partial charge in [0.25, 0.3) is 0 Å². The van der Waals surface area contributed by atoms with Crippen molar-refractivity contribution in [1.29, 1.82) is 0 Å². The molecule has 3 atom stereocenters. The zero-order chi connectivity index (χ0) is 15.2. The van der Waals surface area contributed by atoms with Crippen LogP contribution in [0, 0.1) is 11.8 Å². The Morgan fingerprint density at radius 3 is 2.62 bits per heavy atom. The van der Waals surface area contributed by atoms with Gasteiger partial charge in [0, 0.05) is 6.04 Å². The minimum Gasteiger partial charge on any atom is -0.497 e. The third-order valence-electron chi connectivity index (χ3n) is 4.53. The summed E-state index contributed by atoms with van der Waals surface area (Å²) >= 11 is 0. The van der Waals surface area contributed by atoms with Gasteiger partial charge in [-0.1, -0.05) is 25.0 Å². The molecule has 0 saturated heterocycles. The number of benzene rings is 1. The van der Waals surface area contributed by atoms with Crippen LogP contribution in [0.4, 0.5) is 0 Å². The smallest absolute Gasteiger partial charge is 0.306 e. The quantitative estimate of drug-likeness (QED) is 0.845. The summed E-state index contributed by atoms with van der Waals surface area (Å²) < 4.78 is 5.16. The van der Waals surface area contributed by atoms with Crippen LogP contribution in [0.25, 0.3) is 0 Å². The summed E-state index contributed by atoms with van der Waals surface area (Å²) in [5.74, 6) is 0.272. The second-order valence-corrected chi connectivity index (χ2v) is 5.89.